The lowest BCUT2D eigenvalue weighted by Gasteiger charge is -2.15. The van der Waals surface area contributed by atoms with Crippen molar-refractivity contribution in [3.05, 3.63) is 64.7 Å². The van der Waals surface area contributed by atoms with Crippen molar-refractivity contribution < 1.29 is 15.0 Å². The molecule has 0 heterocycles. The summed E-state index contributed by atoms with van der Waals surface area (Å²) in [6.07, 6.45) is 0. The summed E-state index contributed by atoms with van der Waals surface area (Å²) in [5.74, 6) is -1.18. The van der Waals surface area contributed by atoms with Crippen LogP contribution in [0, 0.1) is 6.92 Å². The van der Waals surface area contributed by atoms with Gasteiger partial charge in [-0.1, -0.05) is 43.3 Å². The highest BCUT2D eigenvalue weighted by molar-refractivity contribution is 5.91. The average Bonchev–Trinajstić information content (AvgIpc) is 2.41. The van der Waals surface area contributed by atoms with Crippen molar-refractivity contribution >= 4 is 5.97 Å². The summed E-state index contributed by atoms with van der Waals surface area (Å²) >= 11 is 0. The molecule has 2 rings (SSSR count). The first kappa shape index (κ1) is 13.1. The van der Waals surface area contributed by atoms with Crippen LogP contribution in [0.3, 0.4) is 0 Å². The van der Waals surface area contributed by atoms with E-state index in [4.69, 9.17) is 5.11 Å². The molecule has 0 spiro atoms. The smallest absolute Gasteiger partial charge is 0.339 e. The molecule has 2 aromatic rings. The first-order chi connectivity index (χ1) is 9.00. The lowest BCUT2D eigenvalue weighted by Crippen LogP contribution is -2.03. The fourth-order valence-electron chi connectivity index (χ4n) is 2.15. The summed E-state index contributed by atoms with van der Waals surface area (Å²) < 4.78 is 0. The van der Waals surface area contributed by atoms with Crippen molar-refractivity contribution in [3.8, 4) is 5.75 Å². The van der Waals surface area contributed by atoms with Crippen LogP contribution in [-0.2, 0) is 0 Å². The van der Waals surface area contributed by atoms with E-state index in [0.717, 1.165) is 11.1 Å². The van der Waals surface area contributed by atoms with E-state index < -0.39 is 5.97 Å². The summed E-state index contributed by atoms with van der Waals surface area (Å²) in [6, 6.07) is 13.2. The van der Waals surface area contributed by atoms with Gasteiger partial charge in [0.25, 0.3) is 0 Å². The minimum absolute atomic E-state index is 0.0437. The van der Waals surface area contributed by atoms with Crippen LogP contribution in [-0.4, -0.2) is 16.2 Å². The van der Waals surface area contributed by atoms with Gasteiger partial charge in [0.1, 0.15) is 11.3 Å². The van der Waals surface area contributed by atoms with Crippen molar-refractivity contribution in [2.45, 2.75) is 19.8 Å². The van der Waals surface area contributed by atoms with Crippen molar-refractivity contribution in [1.29, 1.82) is 0 Å². The zero-order valence-electron chi connectivity index (χ0n) is 10.9. The Morgan fingerprint density at radius 2 is 1.74 bits per heavy atom. The zero-order valence-corrected chi connectivity index (χ0v) is 10.9. The van der Waals surface area contributed by atoms with E-state index in [9.17, 15) is 9.90 Å². The Morgan fingerprint density at radius 1 is 1.11 bits per heavy atom. The summed E-state index contributed by atoms with van der Waals surface area (Å²) in [5.41, 5.74) is 2.54. The number of aromatic hydroxyl groups is 1. The molecule has 2 aromatic carbocycles. The van der Waals surface area contributed by atoms with Crippen molar-refractivity contribution in [2.75, 3.05) is 0 Å². The third kappa shape index (κ3) is 2.60. The number of aryl methyl sites for hydroxylation is 1. The fraction of sp³-hybridized carbons (Fsp3) is 0.188. The van der Waals surface area contributed by atoms with Crippen molar-refractivity contribution in [3.63, 3.8) is 0 Å². The largest absolute Gasteiger partial charge is 0.507 e. The Bertz CT molecular complexity index is 603. The topological polar surface area (TPSA) is 57.5 Å². The van der Waals surface area contributed by atoms with E-state index in [2.05, 4.69) is 0 Å². The van der Waals surface area contributed by atoms with Gasteiger partial charge in [0.2, 0.25) is 0 Å². The maximum absolute atomic E-state index is 11.1. The molecule has 0 bridgehead atoms. The normalized spacial score (nSPS) is 12.1. The van der Waals surface area contributed by atoms with Gasteiger partial charge in [0, 0.05) is 5.92 Å². The van der Waals surface area contributed by atoms with E-state index in [1.54, 1.807) is 13.0 Å². The van der Waals surface area contributed by atoms with Gasteiger partial charge < -0.3 is 10.2 Å². The van der Waals surface area contributed by atoms with Gasteiger partial charge in [-0.2, -0.15) is 0 Å². The SMILES string of the molecule is Cc1cc(C(C)c2ccccc2)cc(C(=O)O)c1O. The van der Waals surface area contributed by atoms with E-state index in [-0.39, 0.29) is 17.2 Å². The monoisotopic (exact) mass is 256 g/mol. The molecule has 1 unspecified atom stereocenters. The van der Waals surface area contributed by atoms with Gasteiger partial charge in [-0.05, 0) is 29.7 Å². The predicted molar refractivity (Wildman–Crippen MR) is 73.8 cm³/mol. The molecule has 0 aliphatic heterocycles. The van der Waals surface area contributed by atoms with Crippen LogP contribution in [0.15, 0.2) is 42.5 Å². The number of carbonyl (C=O) groups is 1. The lowest BCUT2D eigenvalue weighted by atomic mass is 9.90. The van der Waals surface area contributed by atoms with Gasteiger partial charge in [0.05, 0.1) is 0 Å². The van der Waals surface area contributed by atoms with Gasteiger partial charge in [-0.25, -0.2) is 4.79 Å². The Balaban J connectivity index is 2.49. The molecular weight excluding hydrogens is 240 g/mol. The molecule has 0 amide bonds. The second-order valence-electron chi connectivity index (χ2n) is 4.67. The van der Waals surface area contributed by atoms with E-state index in [1.165, 1.54) is 0 Å². The third-order valence-electron chi connectivity index (χ3n) is 3.35. The molecule has 1 atom stereocenters. The molecule has 0 aromatic heterocycles. The van der Waals surface area contributed by atoms with Crippen LogP contribution in [0.2, 0.25) is 0 Å². The number of benzene rings is 2. The maximum atomic E-state index is 11.1. The molecule has 2 N–H and O–H groups in total. The van der Waals surface area contributed by atoms with E-state index in [1.807, 2.05) is 43.3 Å². The van der Waals surface area contributed by atoms with E-state index >= 15 is 0 Å². The standard InChI is InChI=1S/C16H16O3/c1-10-8-13(9-14(15(10)17)16(18)19)11(2)12-6-4-3-5-7-12/h3-9,11,17H,1-2H3,(H,18,19). The summed E-state index contributed by atoms with van der Waals surface area (Å²) in [4.78, 5) is 11.1. The summed E-state index contributed by atoms with van der Waals surface area (Å²) in [5, 5.41) is 18.9. The van der Waals surface area contributed by atoms with Gasteiger partial charge in [-0.3, -0.25) is 0 Å². The Morgan fingerprint density at radius 3 is 2.32 bits per heavy atom. The molecule has 3 nitrogen and oxygen atoms in total. The molecule has 3 heteroatoms. The van der Waals surface area contributed by atoms with Crippen LogP contribution in [0.4, 0.5) is 0 Å². The highest BCUT2D eigenvalue weighted by Crippen LogP contribution is 2.30. The van der Waals surface area contributed by atoms with Gasteiger partial charge >= 0.3 is 5.97 Å². The Labute approximate surface area is 112 Å². The highest BCUT2D eigenvalue weighted by atomic mass is 16.4. The summed E-state index contributed by atoms with van der Waals surface area (Å²) in [7, 11) is 0. The molecule has 98 valence electrons. The minimum atomic E-state index is -1.11. The van der Waals surface area contributed by atoms with Crippen molar-refractivity contribution in [1.82, 2.24) is 0 Å². The van der Waals surface area contributed by atoms with Crippen LogP contribution in [0.25, 0.3) is 0 Å². The molecular formula is C16H16O3. The molecule has 0 aliphatic carbocycles. The van der Waals surface area contributed by atoms with Crippen LogP contribution in [0.1, 0.15) is 39.9 Å². The zero-order chi connectivity index (χ0) is 14.0. The first-order valence-corrected chi connectivity index (χ1v) is 6.12. The van der Waals surface area contributed by atoms with Crippen molar-refractivity contribution in [2.24, 2.45) is 0 Å². The molecule has 0 fully saturated rings. The molecule has 0 saturated heterocycles. The predicted octanol–water partition coefficient (Wildman–Crippen LogP) is 3.55. The number of carboxylic acid groups (broad SMARTS) is 1. The third-order valence-corrected chi connectivity index (χ3v) is 3.35. The average molecular weight is 256 g/mol. The van der Waals surface area contributed by atoms with Crippen LogP contribution < -0.4 is 0 Å². The molecule has 0 radical (unpaired) electrons. The number of carboxylic acids is 1. The lowest BCUT2D eigenvalue weighted by molar-refractivity contribution is 0.0693. The van der Waals surface area contributed by atoms with E-state index in [0.29, 0.717) is 5.56 Å². The number of aromatic carboxylic acids is 1. The number of hydrogen-bond donors (Lipinski definition) is 2. The number of rotatable bonds is 3. The first-order valence-electron chi connectivity index (χ1n) is 6.12. The Kier molecular flexibility index (Phi) is 3.56. The minimum Gasteiger partial charge on any atom is -0.507 e. The second-order valence-corrected chi connectivity index (χ2v) is 4.67. The second kappa shape index (κ2) is 5.14. The maximum Gasteiger partial charge on any atom is 0.339 e. The number of phenols is 1. The molecule has 0 aliphatic rings. The van der Waals surface area contributed by atoms with Gasteiger partial charge in [0.15, 0.2) is 0 Å². The Hall–Kier alpha value is -2.29. The van der Waals surface area contributed by atoms with Crippen LogP contribution >= 0.6 is 0 Å². The van der Waals surface area contributed by atoms with Crippen LogP contribution in [0.5, 0.6) is 5.75 Å². The summed E-state index contributed by atoms with van der Waals surface area (Å²) in [6.45, 7) is 3.73. The fourth-order valence-corrected chi connectivity index (χ4v) is 2.15. The number of hydrogen-bond acceptors (Lipinski definition) is 2. The molecule has 0 saturated carbocycles. The quantitative estimate of drug-likeness (QED) is 0.882. The molecule has 19 heavy (non-hydrogen) atoms. The highest BCUT2D eigenvalue weighted by Gasteiger charge is 2.16. The van der Waals surface area contributed by atoms with Gasteiger partial charge in [-0.15, -0.1) is 0 Å².